The molecule has 0 unspecified atom stereocenters. The number of hydrogen-bond donors (Lipinski definition) is 2. The fourth-order valence-corrected chi connectivity index (χ4v) is 0.716. The van der Waals surface area contributed by atoms with E-state index in [1.54, 1.807) is 0 Å². The van der Waals surface area contributed by atoms with Crippen LogP contribution in [-0.2, 0) is 12.7 Å². The third-order valence-electron chi connectivity index (χ3n) is 1.29. The van der Waals surface area contributed by atoms with Crippen molar-refractivity contribution in [1.82, 2.24) is 15.5 Å². The van der Waals surface area contributed by atoms with Gasteiger partial charge in [0.2, 0.25) is 5.89 Å². The van der Waals surface area contributed by atoms with Crippen molar-refractivity contribution in [2.24, 2.45) is 0 Å². The van der Waals surface area contributed by atoms with Gasteiger partial charge in [-0.1, -0.05) is 5.16 Å². The summed E-state index contributed by atoms with van der Waals surface area (Å²) in [4.78, 5) is 3.11. The number of nitrogens with one attached hydrogen (secondary N) is 1. The zero-order valence-corrected chi connectivity index (χ0v) is 7.01. The van der Waals surface area contributed by atoms with E-state index in [4.69, 9.17) is 5.11 Å². The highest BCUT2D eigenvalue weighted by Gasteiger charge is 2.37. The molecule has 0 saturated carbocycles. The van der Waals surface area contributed by atoms with Crippen LogP contribution in [0.4, 0.5) is 13.2 Å². The van der Waals surface area contributed by atoms with Crippen LogP contribution in [-0.4, -0.2) is 28.4 Å². The number of aromatic nitrogens is 2. The summed E-state index contributed by atoms with van der Waals surface area (Å²) in [5.74, 6) is -1.45. The van der Waals surface area contributed by atoms with Gasteiger partial charge in [0.1, 0.15) is 0 Å². The highest BCUT2D eigenvalue weighted by atomic mass is 19.4. The molecule has 0 aliphatic rings. The van der Waals surface area contributed by atoms with Gasteiger partial charge in [-0.3, -0.25) is 0 Å². The van der Waals surface area contributed by atoms with Gasteiger partial charge >= 0.3 is 6.18 Å². The van der Waals surface area contributed by atoms with E-state index in [1.807, 2.05) is 0 Å². The van der Waals surface area contributed by atoms with E-state index in [0.29, 0.717) is 0 Å². The zero-order chi connectivity index (χ0) is 10.6. The van der Waals surface area contributed by atoms with Gasteiger partial charge in [-0.2, -0.15) is 18.2 Å². The lowest BCUT2D eigenvalue weighted by Crippen LogP contribution is -2.17. The fourth-order valence-electron chi connectivity index (χ4n) is 0.716. The minimum absolute atomic E-state index is 0.00361. The Labute approximate surface area is 76.9 Å². The molecule has 0 atom stereocenters. The number of alkyl halides is 3. The van der Waals surface area contributed by atoms with Gasteiger partial charge in [-0.15, -0.1) is 0 Å². The van der Waals surface area contributed by atoms with Crippen LogP contribution < -0.4 is 5.32 Å². The largest absolute Gasteiger partial charge is 0.455 e. The number of aliphatic hydroxyl groups is 1. The lowest BCUT2D eigenvalue weighted by Gasteiger charge is -1.97. The Morgan fingerprint density at radius 1 is 1.43 bits per heavy atom. The lowest BCUT2D eigenvalue weighted by molar-refractivity contribution is -0.146. The molecule has 0 fully saturated rings. The third kappa shape index (κ3) is 2.96. The van der Waals surface area contributed by atoms with E-state index < -0.39 is 12.0 Å². The third-order valence-corrected chi connectivity index (χ3v) is 1.29. The summed E-state index contributed by atoms with van der Waals surface area (Å²) in [7, 11) is 0. The van der Waals surface area contributed by atoms with E-state index >= 15 is 0 Å². The zero-order valence-electron chi connectivity index (χ0n) is 7.01. The Kier molecular flexibility index (Phi) is 3.42. The second-order valence-electron chi connectivity index (χ2n) is 2.41. The Balaban J connectivity index is 2.51. The van der Waals surface area contributed by atoms with Gasteiger partial charge in [0, 0.05) is 6.54 Å². The normalized spacial score (nSPS) is 12.0. The van der Waals surface area contributed by atoms with Gasteiger partial charge in [0.15, 0.2) is 0 Å². The Bertz CT molecular complexity index is 286. The van der Waals surface area contributed by atoms with Crippen molar-refractivity contribution in [1.29, 1.82) is 0 Å². The topological polar surface area (TPSA) is 71.2 Å². The van der Waals surface area contributed by atoms with Crippen molar-refractivity contribution in [2.75, 3.05) is 13.2 Å². The Morgan fingerprint density at radius 2 is 2.14 bits per heavy atom. The molecule has 0 bridgehead atoms. The summed E-state index contributed by atoms with van der Waals surface area (Å²) in [6.45, 7) is 0.146. The van der Waals surface area contributed by atoms with Crippen LogP contribution >= 0.6 is 0 Å². The Hall–Kier alpha value is -1.15. The summed E-state index contributed by atoms with van der Waals surface area (Å²) < 4.78 is 40.1. The van der Waals surface area contributed by atoms with E-state index in [-0.39, 0.29) is 25.6 Å². The number of halogens is 3. The molecule has 0 spiro atoms. The van der Waals surface area contributed by atoms with Gasteiger partial charge < -0.3 is 14.9 Å². The smallest absolute Gasteiger partial charge is 0.395 e. The first-order valence-electron chi connectivity index (χ1n) is 3.75. The molecule has 1 aromatic heterocycles. The first-order chi connectivity index (χ1) is 6.54. The monoisotopic (exact) mass is 211 g/mol. The quantitative estimate of drug-likeness (QED) is 0.694. The molecule has 0 saturated heterocycles. The van der Waals surface area contributed by atoms with Gasteiger partial charge in [0.05, 0.1) is 13.2 Å². The molecule has 0 aliphatic heterocycles. The van der Waals surface area contributed by atoms with Crippen LogP contribution in [0.2, 0.25) is 0 Å². The molecule has 0 amide bonds. The molecule has 1 rings (SSSR count). The van der Waals surface area contributed by atoms with Crippen LogP contribution in [0.3, 0.4) is 0 Å². The average molecular weight is 211 g/mol. The van der Waals surface area contributed by atoms with Gasteiger partial charge in [-0.05, 0) is 0 Å². The minimum Gasteiger partial charge on any atom is -0.395 e. The van der Waals surface area contributed by atoms with Crippen molar-refractivity contribution < 1.29 is 22.8 Å². The van der Waals surface area contributed by atoms with E-state index in [2.05, 4.69) is 20.0 Å². The predicted octanol–water partition coefficient (Wildman–Crippen LogP) is 0.170. The van der Waals surface area contributed by atoms with E-state index in [1.165, 1.54) is 0 Å². The average Bonchev–Trinajstić information content (AvgIpc) is 2.52. The van der Waals surface area contributed by atoms with Crippen molar-refractivity contribution in [2.45, 2.75) is 12.7 Å². The SMILES string of the molecule is OCCNCc1nc(C(F)(F)F)no1. The summed E-state index contributed by atoms with van der Waals surface area (Å²) in [5, 5.41) is 13.7. The number of rotatable bonds is 4. The molecular weight excluding hydrogens is 203 g/mol. The maximum Gasteiger partial charge on any atom is 0.455 e. The first kappa shape index (κ1) is 10.9. The van der Waals surface area contributed by atoms with Crippen molar-refractivity contribution in [3.8, 4) is 0 Å². The van der Waals surface area contributed by atoms with Crippen LogP contribution in [0.15, 0.2) is 4.52 Å². The van der Waals surface area contributed by atoms with Crippen LogP contribution in [0.25, 0.3) is 0 Å². The maximum atomic E-state index is 11.9. The van der Waals surface area contributed by atoms with Gasteiger partial charge in [0.25, 0.3) is 5.82 Å². The molecular formula is C6H8F3N3O2. The molecule has 0 radical (unpaired) electrons. The predicted molar refractivity (Wildman–Crippen MR) is 38.1 cm³/mol. The molecule has 1 aromatic rings. The number of nitrogens with zero attached hydrogens (tertiary/aromatic N) is 2. The maximum absolute atomic E-state index is 11.9. The molecule has 0 aromatic carbocycles. The summed E-state index contributed by atoms with van der Waals surface area (Å²) >= 11 is 0. The molecule has 8 heteroatoms. The molecule has 0 aliphatic carbocycles. The fraction of sp³-hybridized carbons (Fsp3) is 0.667. The van der Waals surface area contributed by atoms with Crippen molar-refractivity contribution >= 4 is 0 Å². The lowest BCUT2D eigenvalue weighted by atomic mass is 10.5. The van der Waals surface area contributed by atoms with Crippen LogP contribution in [0.5, 0.6) is 0 Å². The van der Waals surface area contributed by atoms with Gasteiger partial charge in [-0.25, -0.2) is 0 Å². The van der Waals surface area contributed by atoms with Crippen LogP contribution in [0.1, 0.15) is 11.7 Å². The number of hydrogen-bond acceptors (Lipinski definition) is 5. The molecule has 2 N–H and O–H groups in total. The molecule has 1 heterocycles. The second-order valence-corrected chi connectivity index (χ2v) is 2.41. The summed E-state index contributed by atoms with van der Waals surface area (Å²) in [6.07, 6.45) is -4.58. The molecule has 14 heavy (non-hydrogen) atoms. The van der Waals surface area contributed by atoms with E-state index in [0.717, 1.165) is 0 Å². The number of aliphatic hydroxyl groups excluding tert-OH is 1. The summed E-state index contributed by atoms with van der Waals surface area (Å²) in [6, 6.07) is 0. The molecule has 80 valence electrons. The molecule has 5 nitrogen and oxygen atoms in total. The van der Waals surface area contributed by atoms with Crippen molar-refractivity contribution in [3.05, 3.63) is 11.7 Å². The second kappa shape index (κ2) is 4.38. The van der Waals surface area contributed by atoms with Crippen molar-refractivity contribution in [3.63, 3.8) is 0 Å². The van der Waals surface area contributed by atoms with Crippen LogP contribution in [0, 0.1) is 0 Å². The van der Waals surface area contributed by atoms with E-state index in [9.17, 15) is 13.2 Å². The standard InChI is InChI=1S/C6H8F3N3O2/c7-6(8,9)5-11-4(14-12-5)3-10-1-2-13/h10,13H,1-3H2. The summed E-state index contributed by atoms with van der Waals surface area (Å²) in [5.41, 5.74) is 0. The highest BCUT2D eigenvalue weighted by molar-refractivity contribution is 4.90. The Morgan fingerprint density at radius 3 is 2.64 bits per heavy atom. The first-order valence-corrected chi connectivity index (χ1v) is 3.75. The highest BCUT2D eigenvalue weighted by Crippen LogP contribution is 2.25. The minimum atomic E-state index is -4.58.